The van der Waals surface area contributed by atoms with Crippen molar-refractivity contribution in [1.82, 2.24) is 4.98 Å². The van der Waals surface area contributed by atoms with Crippen LogP contribution in [-0.4, -0.2) is 19.7 Å². The van der Waals surface area contributed by atoms with Gasteiger partial charge in [-0.3, -0.25) is 9.17 Å². The molecule has 0 atom stereocenters. The molecule has 90 valence electrons. The maximum atomic E-state index is 12.1. The first-order valence-corrected chi connectivity index (χ1v) is 5.87. The summed E-state index contributed by atoms with van der Waals surface area (Å²) in [7, 11) is -3.62. The van der Waals surface area contributed by atoms with E-state index in [1.54, 1.807) is 0 Å². The third-order valence-electron chi connectivity index (χ3n) is 1.57. The average Bonchev–Trinajstić information content (AvgIpc) is 2.13. The van der Waals surface area contributed by atoms with Gasteiger partial charge in [-0.15, -0.1) is 0 Å². The van der Waals surface area contributed by atoms with Crippen LogP contribution >= 0.6 is 0 Å². The van der Waals surface area contributed by atoms with Crippen molar-refractivity contribution in [3.8, 4) is 0 Å². The van der Waals surface area contributed by atoms with Gasteiger partial charge in [0.2, 0.25) is 0 Å². The van der Waals surface area contributed by atoms with Crippen LogP contribution in [0.5, 0.6) is 0 Å². The maximum Gasteiger partial charge on any atom is 0.417 e. The lowest BCUT2D eigenvalue weighted by atomic mass is 10.2. The monoisotopic (exact) mass is 255 g/mol. The van der Waals surface area contributed by atoms with Gasteiger partial charge < -0.3 is 0 Å². The molecular formula is C8H8F3NO3S. The molecule has 0 aliphatic carbocycles. The summed E-state index contributed by atoms with van der Waals surface area (Å²) in [6.45, 7) is -0.378. The van der Waals surface area contributed by atoms with Gasteiger partial charge in [-0.1, -0.05) is 0 Å². The van der Waals surface area contributed by atoms with E-state index in [1.165, 1.54) is 0 Å². The van der Waals surface area contributed by atoms with Crippen LogP contribution in [0.15, 0.2) is 18.3 Å². The quantitative estimate of drug-likeness (QED) is 0.769. The third kappa shape index (κ3) is 4.15. The van der Waals surface area contributed by atoms with Crippen molar-refractivity contribution in [3.05, 3.63) is 29.6 Å². The van der Waals surface area contributed by atoms with Crippen molar-refractivity contribution in [3.63, 3.8) is 0 Å². The van der Waals surface area contributed by atoms with E-state index in [-0.39, 0.29) is 12.3 Å². The lowest BCUT2D eigenvalue weighted by Gasteiger charge is -2.06. The normalized spacial score (nSPS) is 12.8. The fraction of sp³-hybridized carbons (Fsp3) is 0.375. The highest BCUT2D eigenvalue weighted by Gasteiger charge is 2.30. The van der Waals surface area contributed by atoms with Crippen LogP contribution in [0.2, 0.25) is 0 Å². The lowest BCUT2D eigenvalue weighted by Crippen LogP contribution is -2.07. The van der Waals surface area contributed by atoms with Crippen LogP contribution in [0.4, 0.5) is 13.2 Å². The predicted octanol–water partition coefficient (Wildman–Crippen LogP) is 1.58. The Morgan fingerprint density at radius 1 is 1.38 bits per heavy atom. The Labute approximate surface area is 90.2 Å². The highest BCUT2D eigenvalue weighted by Crippen LogP contribution is 2.28. The Balaban J connectivity index is 2.73. The van der Waals surface area contributed by atoms with E-state index >= 15 is 0 Å². The number of hydrogen-bond acceptors (Lipinski definition) is 4. The number of nitrogens with zero attached hydrogens (tertiary/aromatic N) is 1. The van der Waals surface area contributed by atoms with E-state index in [1.807, 2.05) is 0 Å². The zero-order chi connectivity index (χ0) is 12.4. The Hall–Kier alpha value is -1.15. The van der Waals surface area contributed by atoms with Crippen molar-refractivity contribution < 1.29 is 25.8 Å². The Bertz CT molecular complexity index is 452. The van der Waals surface area contributed by atoms with Gasteiger partial charge in [0.05, 0.1) is 17.5 Å². The summed E-state index contributed by atoms with van der Waals surface area (Å²) in [4.78, 5) is 3.44. The molecule has 0 N–H and O–H groups in total. The Morgan fingerprint density at radius 3 is 2.38 bits per heavy atom. The smallest absolute Gasteiger partial charge is 0.264 e. The van der Waals surface area contributed by atoms with Crippen LogP contribution in [0.3, 0.4) is 0 Å². The summed E-state index contributed by atoms with van der Waals surface area (Å²) < 4.78 is 62.0. The minimum Gasteiger partial charge on any atom is -0.264 e. The van der Waals surface area contributed by atoms with Crippen molar-refractivity contribution >= 4 is 10.1 Å². The number of pyridine rings is 1. The van der Waals surface area contributed by atoms with E-state index in [0.29, 0.717) is 6.20 Å². The molecule has 16 heavy (non-hydrogen) atoms. The topological polar surface area (TPSA) is 56.3 Å². The third-order valence-corrected chi connectivity index (χ3v) is 2.12. The van der Waals surface area contributed by atoms with Crippen LogP contribution in [-0.2, 0) is 27.1 Å². The van der Waals surface area contributed by atoms with Gasteiger partial charge in [0.25, 0.3) is 10.1 Å². The molecule has 4 nitrogen and oxygen atoms in total. The molecule has 1 aromatic rings. The van der Waals surface area contributed by atoms with E-state index in [4.69, 9.17) is 0 Å². The molecule has 0 radical (unpaired) electrons. The van der Waals surface area contributed by atoms with Crippen molar-refractivity contribution in [1.29, 1.82) is 0 Å². The van der Waals surface area contributed by atoms with Gasteiger partial charge in [0.15, 0.2) is 0 Å². The number of aromatic nitrogens is 1. The molecule has 1 rings (SSSR count). The number of hydrogen-bond donors (Lipinski definition) is 0. The first kappa shape index (κ1) is 12.9. The standard InChI is InChI=1S/C8H8F3NO3S/c1-16(13,14)15-5-7-3-2-6(4-12-7)8(9,10)11/h2-4H,5H2,1H3. The number of alkyl halides is 3. The van der Waals surface area contributed by atoms with E-state index in [0.717, 1.165) is 18.4 Å². The SMILES string of the molecule is CS(=O)(=O)OCc1ccc(C(F)(F)F)cn1. The van der Waals surface area contributed by atoms with Crippen LogP contribution < -0.4 is 0 Å². The lowest BCUT2D eigenvalue weighted by molar-refractivity contribution is -0.137. The summed E-state index contributed by atoms with van der Waals surface area (Å²) in [6.07, 6.45) is -2.98. The second-order valence-electron chi connectivity index (χ2n) is 3.00. The molecule has 0 spiro atoms. The van der Waals surface area contributed by atoms with Gasteiger partial charge in [0.1, 0.15) is 6.61 Å². The molecule has 0 amide bonds. The zero-order valence-corrected chi connectivity index (χ0v) is 8.97. The van der Waals surface area contributed by atoms with Crippen molar-refractivity contribution in [2.75, 3.05) is 6.26 Å². The Morgan fingerprint density at radius 2 is 2.00 bits per heavy atom. The predicted molar refractivity (Wildman–Crippen MR) is 48.9 cm³/mol. The summed E-state index contributed by atoms with van der Waals surface area (Å²) in [5.74, 6) is 0. The molecule has 0 bridgehead atoms. The summed E-state index contributed by atoms with van der Waals surface area (Å²) in [6, 6.07) is 1.88. The van der Waals surface area contributed by atoms with Crippen molar-refractivity contribution in [2.24, 2.45) is 0 Å². The fourth-order valence-electron chi connectivity index (χ4n) is 0.845. The van der Waals surface area contributed by atoms with Gasteiger partial charge in [0, 0.05) is 6.20 Å². The molecule has 0 aliphatic rings. The maximum absolute atomic E-state index is 12.1. The molecule has 8 heteroatoms. The molecule has 1 aromatic heterocycles. The molecule has 0 aliphatic heterocycles. The van der Waals surface area contributed by atoms with Gasteiger partial charge in [-0.2, -0.15) is 21.6 Å². The summed E-state index contributed by atoms with van der Waals surface area (Å²) in [5, 5.41) is 0. The van der Waals surface area contributed by atoms with Crippen LogP contribution in [0.25, 0.3) is 0 Å². The molecule has 0 saturated heterocycles. The largest absolute Gasteiger partial charge is 0.417 e. The van der Waals surface area contributed by atoms with Crippen molar-refractivity contribution in [2.45, 2.75) is 12.8 Å². The van der Waals surface area contributed by atoms with Gasteiger partial charge in [-0.25, -0.2) is 0 Å². The number of halogens is 3. The fourth-order valence-corrected chi connectivity index (χ4v) is 1.18. The minimum absolute atomic E-state index is 0.110. The van der Waals surface area contributed by atoms with E-state index in [2.05, 4.69) is 9.17 Å². The molecule has 0 unspecified atom stereocenters. The highest BCUT2D eigenvalue weighted by atomic mass is 32.2. The average molecular weight is 255 g/mol. The molecule has 0 aromatic carbocycles. The first-order valence-electron chi connectivity index (χ1n) is 4.05. The molecule has 0 saturated carbocycles. The van der Waals surface area contributed by atoms with Gasteiger partial charge >= 0.3 is 6.18 Å². The molecule has 1 heterocycles. The first-order chi connectivity index (χ1) is 7.18. The zero-order valence-electron chi connectivity index (χ0n) is 8.15. The van der Waals surface area contributed by atoms with Gasteiger partial charge in [-0.05, 0) is 12.1 Å². The minimum atomic E-state index is -4.46. The summed E-state index contributed by atoms with van der Waals surface area (Å²) in [5.41, 5.74) is -0.783. The van der Waals surface area contributed by atoms with E-state index < -0.39 is 21.9 Å². The Kier molecular flexibility index (Phi) is 3.54. The second-order valence-corrected chi connectivity index (χ2v) is 4.65. The highest BCUT2D eigenvalue weighted by molar-refractivity contribution is 7.85. The number of rotatable bonds is 3. The van der Waals surface area contributed by atoms with Crippen LogP contribution in [0, 0.1) is 0 Å². The summed E-state index contributed by atoms with van der Waals surface area (Å²) >= 11 is 0. The molecular weight excluding hydrogens is 247 g/mol. The molecule has 0 fully saturated rings. The second kappa shape index (κ2) is 4.38. The van der Waals surface area contributed by atoms with E-state index in [9.17, 15) is 21.6 Å². The van der Waals surface area contributed by atoms with Crippen LogP contribution in [0.1, 0.15) is 11.3 Å².